The van der Waals surface area contributed by atoms with Gasteiger partial charge in [-0.3, -0.25) is 0 Å². The fourth-order valence-corrected chi connectivity index (χ4v) is 7.98. The van der Waals surface area contributed by atoms with Gasteiger partial charge in [0.05, 0.1) is 10.8 Å². The number of hydrogen-bond acceptors (Lipinski definition) is 0. The second kappa shape index (κ2) is 4.79. The van der Waals surface area contributed by atoms with E-state index in [1.165, 1.54) is 65.7 Å². The van der Waals surface area contributed by atoms with Crippen molar-refractivity contribution in [2.45, 2.75) is 10.8 Å². The van der Waals surface area contributed by atoms with Crippen LogP contribution >= 0.6 is 0 Å². The Morgan fingerprint density at radius 3 is 0.719 bits per heavy atom. The van der Waals surface area contributed by atoms with E-state index >= 15 is 0 Å². The molecule has 0 saturated carbocycles. The molecule has 0 heteroatoms. The highest BCUT2D eigenvalue weighted by atomic mass is 14.7. The van der Waals surface area contributed by atoms with Crippen LogP contribution in [0, 0.1) is 0 Å². The van der Waals surface area contributed by atoms with Gasteiger partial charge in [-0.15, -0.1) is 0 Å². The molecule has 0 aliphatic heterocycles. The summed E-state index contributed by atoms with van der Waals surface area (Å²) in [7, 11) is 0. The molecule has 0 unspecified atom stereocenters. The lowest BCUT2D eigenvalue weighted by molar-refractivity contribution is 0.492. The first-order chi connectivity index (χ1) is 15.9. The zero-order valence-corrected chi connectivity index (χ0v) is 17.4. The van der Waals surface area contributed by atoms with Gasteiger partial charge in [0.15, 0.2) is 0 Å². The third-order valence-electron chi connectivity index (χ3n) is 8.70. The van der Waals surface area contributed by atoms with Gasteiger partial charge in [0, 0.05) is 0 Å². The highest BCUT2D eigenvalue weighted by Gasteiger charge is 2.69. The first kappa shape index (κ1) is 15.8. The number of hydrogen-bond donors (Lipinski definition) is 0. The van der Waals surface area contributed by atoms with Crippen LogP contribution in [-0.2, 0) is 10.8 Å². The Morgan fingerprint density at radius 2 is 0.500 bits per heavy atom. The minimum Gasteiger partial charge on any atom is -0.0613 e. The van der Waals surface area contributed by atoms with Crippen molar-refractivity contribution in [3.05, 3.63) is 143 Å². The Hall–Kier alpha value is -3.90. The molecule has 0 fully saturated rings. The lowest BCUT2D eigenvalue weighted by atomic mass is 9.59. The average molecular weight is 402 g/mol. The van der Waals surface area contributed by atoms with Crippen LogP contribution in [0.15, 0.2) is 109 Å². The molecular formula is C32H18. The fourth-order valence-electron chi connectivity index (χ4n) is 7.98. The van der Waals surface area contributed by atoms with Crippen molar-refractivity contribution in [2.24, 2.45) is 0 Å². The van der Waals surface area contributed by atoms with Gasteiger partial charge in [0.25, 0.3) is 0 Å². The van der Waals surface area contributed by atoms with E-state index in [1.807, 2.05) is 0 Å². The summed E-state index contributed by atoms with van der Waals surface area (Å²) in [6.45, 7) is 0. The molecule has 0 amide bonds. The first-order valence-corrected chi connectivity index (χ1v) is 11.5. The molecule has 0 N–H and O–H groups in total. The summed E-state index contributed by atoms with van der Waals surface area (Å²) in [6, 6.07) is 41.7. The van der Waals surface area contributed by atoms with Gasteiger partial charge in [-0.2, -0.15) is 0 Å². The molecule has 146 valence electrons. The van der Waals surface area contributed by atoms with Crippen molar-refractivity contribution in [1.82, 2.24) is 0 Å². The van der Waals surface area contributed by atoms with Gasteiger partial charge in [-0.05, 0) is 65.7 Å². The maximum Gasteiger partial charge on any atom is 0.0648 e. The van der Waals surface area contributed by atoms with Crippen LogP contribution in [0.1, 0.15) is 33.4 Å². The maximum atomic E-state index is 2.41. The molecule has 0 saturated heterocycles. The second-order valence-corrected chi connectivity index (χ2v) is 9.63. The molecule has 0 heterocycles. The zero-order valence-electron chi connectivity index (χ0n) is 17.4. The molecule has 9 rings (SSSR count). The van der Waals surface area contributed by atoms with Gasteiger partial charge in [0.1, 0.15) is 0 Å². The van der Waals surface area contributed by atoms with Crippen molar-refractivity contribution in [1.29, 1.82) is 0 Å². The first-order valence-electron chi connectivity index (χ1n) is 11.5. The molecule has 32 heavy (non-hydrogen) atoms. The molecular weight excluding hydrogens is 384 g/mol. The van der Waals surface area contributed by atoms with Gasteiger partial charge < -0.3 is 0 Å². The summed E-state index contributed by atoms with van der Waals surface area (Å²) in [5, 5.41) is 8.41. The van der Waals surface area contributed by atoms with Crippen molar-refractivity contribution < 1.29 is 0 Å². The molecule has 0 atom stereocenters. The predicted molar refractivity (Wildman–Crippen MR) is 132 cm³/mol. The Balaban J connectivity index is 1.69. The number of benzene rings is 6. The highest BCUT2D eigenvalue weighted by Crippen LogP contribution is 2.75. The summed E-state index contributed by atoms with van der Waals surface area (Å²) >= 11 is 0. The summed E-state index contributed by atoms with van der Waals surface area (Å²) < 4.78 is 0. The molecule has 0 bridgehead atoms. The van der Waals surface area contributed by atoms with Crippen LogP contribution < -0.4 is 0 Å². The summed E-state index contributed by atoms with van der Waals surface area (Å²) in [4.78, 5) is 0. The van der Waals surface area contributed by atoms with E-state index < -0.39 is 0 Å². The SMILES string of the molecule is c1cc2c3c(cccc3c1)C13c4cccc5cccc(c45)C21c1cccc2cccc3c12. The maximum absolute atomic E-state index is 2.41. The topological polar surface area (TPSA) is 0 Å². The molecule has 6 aromatic carbocycles. The molecule has 6 aromatic rings. The van der Waals surface area contributed by atoms with Gasteiger partial charge in [-0.1, -0.05) is 109 Å². The predicted octanol–water partition coefficient (Wildman–Crippen LogP) is 7.46. The quantitative estimate of drug-likeness (QED) is 0.247. The van der Waals surface area contributed by atoms with Crippen LogP contribution in [-0.4, -0.2) is 0 Å². The van der Waals surface area contributed by atoms with Gasteiger partial charge in [0.2, 0.25) is 0 Å². The van der Waals surface area contributed by atoms with Gasteiger partial charge >= 0.3 is 0 Å². The van der Waals surface area contributed by atoms with E-state index in [1.54, 1.807) is 0 Å². The van der Waals surface area contributed by atoms with Crippen LogP contribution in [0.2, 0.25) is 0 Å². The van der Waals surface area contributed by atoms with E-state index in [2.05, 4.69) is 109 Å². The van der Waals surface area contributed by atoms with Gasteiger partial charge in [-0.25, -0.2) is 0 Å². The zero-order chi connectivity index (χ0) is 20.7. The van der Waals surface area contributed by atoms with Crippen LogP contribution in [0.5, 0.6) is 0 Å². The Bertz CT molecular complexity index is 1500. The average Bonchev–Trinajstić information content (AvgIpc) is 3.38. The standard InChI is InChI=1S/C32H18/c1-7-19-8-2-14-23-28(19)22(13-1)31-24-15-3-9-20-11-5-17-26(29(20)24)32(23,31)27-18-6-12-21-10-4-16-25(31)30(21)27/h1-18H. The van der Waals surface area contributed by atoms with E-state index in [0.29, 0.717) is 0 Å². The van der Waals surface area contributed by atoms with E-state index in [4.69, 9.17) is 0 Å². The van der Waals surface area contributed by atoms with Crippen molar-refractivity contribution in [3.63, 3.8) is 0 Å². The smallest absolute Gasteiger partial charge is 0.0613 e. The fraction of sp³-hybridized carbons (Fsp3) is 0.0625. The van der Waals surface area contributed by atoms with E-state index in [0.717, 1.165) is 0 Å². The van der Waals surface area contributed by atoms with E-state index in [-0.39, 0.29) is 10.8 Å². The van der Waals surface area contributed by atoms with Crippen LogP contribution in [0.3, 0.4) is 0 Å². The Morgan fingerprint density at radius 1 is 0.281 bits per heavy atom. The monoisotopic (exact) mass is 402 g/mol. The molecule has 0 aromatic heterocycles. The molecule has 0 radical (unpaired) electrons. The Kier molecular flexibility index (Phi) is 2.37. The van der Waals surface area contributed by atoms with Crippen LogP contribution in [0.25, 0.3) is 32.3 Å². The lowest BCUT2D eigenvalue weighted by Gasteiger charge is -2.40. The Labute approximate surface area is 185 Å². The molecule has 3 aliphatic rings. The molecule has 0 spiro atoms. The highest BCUT2D eigenvalue weighted by molar-refractivity contribution is 6.13. The van der Waals surface area contributed by atoms with Crippen LogP contribution in [0.4, 0.5) is 0 Å². The minimum atomic E-state index is -0.220. The lowest BCUT2D eigenvalue weighted by Crippen LogP contribution is -2.42. The summed E-state index contributed by atoms with van der Waals surface area (Å²) in [5.74, 6) is 0. The van der Waals surface area contributed by atoms with Crippen molar-refractivity contribution in [3.8, 4) is 0 Å². The molecule has 0 nitrogen and oxygen atoms in total. The summed E-state index contributed by atoms with van der Waals surface area (Å²) in [5.41, 5.74) is 8.38. The molecule has 3 aliphatic carbocycles. The van der Waals surface area contributed by atoms with Crippen molar-refractivity contribution in [2.75, 3.05) is 0 Å². The number of rotatable bonds is 0. The minimum absolute atomic E-state index is 0.220. The third-order valence-corrected chi connectivity index (χ3v) is 8.70. The van der Waals surface area contributed by atoms with E-state index in [9.17, 15) is 0 Å². The van der Waals surface area contributed by atoms with Crippen molar-refractivity contribution >= 4 is 32.3 Å². The third kappa shape index (κ3) is 1.29. The normalized spacial score (nSPS) is 23.2. The largest absolute Gasteiger partial charge is 0.0648 e. The second-order valence-electron chi connectivity index (χ2n) is 9.63. The summed E-state index contributed by atoms with van der Waals surface area (Å²) in [6.07, 6.45) is 0.